The smallest absolute Gasteiger partial charge is 0.269 e. The molecule has 0 atom stereocenters. The molecular weight excluding hydrogens is 324 g/mol. The van der Waals surface area contributed by atoms with E-state index >= 15 is 0 Å². The lowest BCUT2D eigenvalue weighted by molar-refractivity contribution is -0.384. The molecule has 0 aliphatic carbocycles. The van der Waals surface area contributed by atoms with Crippen molar-refractivity contribution in [3.05, 3.63) is 80.9 Å². The molecule has 0 saturated heterocycles. The number of non-ortho nitro benzene ring substituents is 1. The van der Waals surface area contributed by atoms with Crippen LogP contribution in [0.5, 0.6) is 0 Å². The van der Waals surface area contributed by atoms with E-state index in [9.17, 15) is 10.1 Å². The van der Waals surface area contributed by atoms with Crippen LogP contribution in [0.2, 0.25) is 0 Å². The molecule has 0 amide bonds. The van der Waals surface area contributed by atoms with Gasteiger partial charge in [-0.15, -0.1) is 0 Å². The van der Waals surface area contributed by atoms with Gasteiger partial charge in [-0.1, -0.05) is 29.3 Å². The van der Waals surface area contributed by atoms with Crippen molar-refractivity contribution in [1.82, 2.24) is 0 Å². The van der Waals surface area contributed by atoms with Crippen LogP contribution in [0, 0.1) is 33.8 Å². The van der Waals surface area contributed by atoms with Crippen molar-refractivity contribution in [3.63, 3.8) is 0 Å². The number of nitrogens with zero attached hydrogens (tertiary/aromatic N) is 2. The first kappa shape index (κ1) is 18.8. The Kier molecular flexibility index (Phi) is 6.20. The minimum absolute atomic E-state index is 0.0546. The molecule has 0 heterocycles. The van der Waals surface area contributed by atoms with Crippen LogP contribution in [0.25, 0.3) is 0 Å². The molecule has 2 aromatic rings. The van der Waals surface area contributed by atoms with Gasteiger partial charge in [0.1, 0.15) is 0 Å². The van der Waals surface area contributed by atoms with E-state index in [0.717, 1.165) is 22.4 Å². The number of allylic oxidation sites excluding steroid dienone is 2. The minimum atomic E-state index is -0.425. The summed E-state index contributed by atoms with van der Waals surface area (Å²) < 4.78 is 0. The van der Waals surface area contributed by atoms with Gasteiger partial charge in [0.05, 0.1) is 10.5 Å². The second kappa shape index (κ2) is 8.55. The highest BCUT2D eigenvalue weighted by Gasteiger charge is 2.02. The van der Waals surface area contributed by atoms with Crippen molar-refractivity contribution < 1.29 is 4.92 Å². The van der Waals surface area contributed by atoms with E-state index in [1.165, 1.54) is 12.1 Å². The molecule has 0 N–H and O–H groups in total. The Labute approximate surface area is 154 Å². The van der Waals surface area contributed by atoms with Gasteiger partial charge >= 0.3 is 0 Å². The predicted octanol–water partition coefficient (Wildman–Crippen LogP) is 4.40. The lowest BCUT2D eigenvalue weighted by Crippen LogP contribution is -2.07. The summed E-state index contributed by atoms with van der Waals surface area (Å²) in [6.45, 7) is 3.92. The fourth-order valence-corrected chi connectivity index (χ4v) is 2.06. The topological polar surface area (TPSA) is 46.4 Å². The van der Waals surface area contributed by atoms with Gasteiger partial charge in [-0.3, -0.25) is 10.1 Å². The van der Waals surface area contributed by atoms with Gasteiger partial charge in [0, 0.05) is 43.0 Å². The molecule has 0 spiro atoms. The maximum absolute atomic E-state index is 10.7. The van der Waals surface area contributed by atoms with E-state index in [0.29, 0.717) is 5.56 Å². The van der Waals surface area contributed by atoms with E-state index in [2.05, 4.69) is 23.7 Å². The molecule has 4 nitrogen and oxygen atoms in total. The largest absolute Gasteiger partial charge is 0.378 e. The molecule has 130 valence electrons. The van der Waals surface area contributed by atoms with Crippen LogP contribution in [-0.2, 0) is 0 Å². The van der Waals surface area contributed by atoms with Crippen molar-refractivity contribution >= 4 is 11.4 Å². The molecule has 0 bridgehead atoms. The minimum Gasteiger partial charge on any atom is -0.378 e. The highest BCUT2D eigenvalue weighted by atomic mass is 16.6. The van der Waals surface area contributed by atoms with Gasteiger partial charge in [-0.25, -0.2) is 0 Å². The van der Waals surface area contributed by atoms with Gasteiger partial charge in [-0.05, 0) is 50.2 Å². The van der Waals surface area contributed by atoms with Gasteiger partial charge in [0.2, 0.25) is 0 Å². The van der Waals surface area contributed by atoms with Crippen LogP contribution in [0.3, 0.4) is 0 Å². The summed E-state index contributed by atoms with van der Waals surface area (Å²) in [5, 5.41) is 10.7. The maximum atomic E-state index is 10.7. The van der Waals surface area contributed by atoms with Gasteiger partial charge in [0.15, 0.2) is 0 Å². The standard InChI is InChI=1S/C22H20N2O2/c1-17(2)20(11-5-18-7-13-21(14-8-18)23(3)4)12-6-19-9-15-22(16-10-19)24(25)26/h7-10,13-16H,1-4H3. The van der Waals surface area contributed by atoms with Gasteiger partial charge in [0.25, 0.3) is 5.69 Å². The Balaban J connectivity index is 2.22. The SMILES string of the molecule is CC(C)=C(C#Cc1ccc(N(C)C)cc1)C#Cc1ccc([N+](=O)[O-])cc1. The Bertz CT molecular complexity index is 942. The highest BCUT2D eigenvalue weighted by molar-refractivity contribution is 5.55. The van der Waals surface area contributed by atoms with Crippen LogP contribution in [0.15, 0.2) is 59.7 Å². The molecule has 0 unspecified atom stereocenters. The molecule has 0 fully saturated rings. The number of nitro benzene ring substituents is 1. The Morgan fingerprint density at radius 1 is 0.885 bits per heavy atom. The van der Waals surface area contributed by atoms with Crippen LogP contribution >= 0.6 is 0 Å². The molecule has 26 heavy (non-hydrogen) atoms. The monoisotopic (exact) mass is 344 g/mol. The Morgan fingerprint density at radius 3 is 1.73 bits per heavy atom. The van der Waals surface area contributed by atoms with Crippen LogP contribution in [-0.4, -0.2) is 19.0 Å². The van der Waals surface area contributed by atoms with Gasteiger partial charge < -0.3 is 4.90 Å². The van der Waals surface area contributed by atoms with E-state index in [4.69, 9.17) is 0 Å². The summed E-state index contributed by atoms with van der Waals surface area (Å²) in [7, 11) is 3.99. The van der Waals surface area contributed by atoms with Crippen molar-refractivity contribution in [2.45, 2.75) is 13.8 Å². The van der Waals surface area contributed by atoms with E-state index < -0.39 is 4.92 Å². The second-order valence-corrected chi connectivity index (χ2v) is 6.12. The third-order valence-corrected chi connectivity index (χ3v) is 3.63. The zero-order chi connectivity index (χ0) is 19.1. The second-order valence-electron chi connectivity index (χ2n) is 6.12. The van der Waals surface area contributed by atoms with Crippen molar-refractivity contribution in [1.29, 1.82) is 0 Å². The fourth-order valence-electron chi connectivity index (χ4n) is 2.06. The predicted molar refractivity (Wildman–Crippen MR) is 106 cm³/mol. The first-order valence-corrected chi connectivity index (χ1v) is 8.10. The Morgan fingerprint density at radius 2 is 1.35 bits per heavy atom. The average Bonchev–Trinajstić information content (AvgIpc) is 2.62. The van der Waals surface area contributed by atoms with E-state index in [1.807, 2.05) is 57.1 Å². The molecule has 0 aromatic heterocycles. The molecule has 0 radical (unpaired) electrons. The number of benzene rings is 2. The third kappa shape index (κ3) is 5.26. The summed E-state index contributed by atoms with van der Waals surface area (Å²) in [6, 6.07) is 14.2. The molecular formula is C22H20N2O2. The number of anilines is 1. The number of hydrogen-bond donors (Lipinski definition) is 0. The number of rotatable bonds is 2. The number of nitro groups is 1. The summed E-state index contributed by atoms with van der Waals surface area (Å²) >= 11 is 0. The number of hydrogen-bond acceptors (Lipinski definition) is 3. The molecule has 0 saturated carbocycles. The fraction of sp³-hybridized carbons (Fsp3) is 0.182. The van der Waals surface area contributed by atoms with Crippen LogP contribution in [0.1, 0.15) is 25.0 Å². The lowest BCUT2D eigenvalue weighted by atomic mass is 10.1. The zero-order valence-electron chi connectivity index (χ0n) is 15.3. The lowest BCUT2D eigenvalue weighted by Gasteiger charge is -2.11. The normalized spacial score (nSPS) is 9.23. The highest BCUT2D eigenvalue weighted by Crippen LogP contribution is 2.13. The van der Waals surface area contributed by atoms with Crippen LogP contribution in [0.4, 0.5) is 11.4 Å². The first-order chi connectivity index (χ1) is 12.4. The summed E-state index contributed by atoms with van der Waals surface area (Å²) in [5.74, 6) is 12.3. The maximum Gasteiger partial charge on any atom is 0.269 e. The molecule has 2 rings (SSSR count). The third-order valence-electron chi connectivity index (χ3n) is 3.63. The Hall–Kier alpha value is -3.50. The van der Waals surface area contributed by atoms with Crippen molar-refractivity contribution in [2.75, 3.05) is 19.0 Å². The van der Waals surface area contributed by atoms with E-state index in [-0.39, 0.29) is 5.69 Å². The average molecular weight is 344 g/mol. The summed E-state index contributed by atoms with van der Waals surface area (Å²) in [5.41, 5.74) is 4.59. The zero-order valence-corrected chi connectivity index (χ0v) is 15.3. The molecule has 0 aliphatic heterocycles. The first-order valence-electron chi connectivity index (χ1n) is 8.10. The molecule has 4 heteroatoms. The van der Waals surface area contributed by atoms with Gasteiger partial charge in [-0.2, -0.15) is 0 Å². The molecule has 2 aromatic carbocycles. The summed E-state index contributed by atoms with van der Waals surface area (Å²) in [6.07, 6.45) is 0. The van der Waals surface area contributed by atoms with Crippen molar-refractivity contribution in [3.8, 4) is 23.7 Å². The molecule has 0 aliphatic rings. The quantitative estimate of drug-likeness (QED) is 0.461. The van der Waals surface area contributed by atoms with Crippen LogP contribution < -0.4 is 4.90 Å². The summed E-state index contributed by atoms with van der Waals surface area (Å²) in [4.78, 5) is 12.3. The van der Waals surface area contributed by atoms with E-state index in [1.54, 1.807) is 12.1 Å². The van der Waals surface area contributed by atoms with Crippen molar-refractivity contribution in [2.24, 2.45) is 0 Å².